The van der Waals surface area contributed by atoms with Gasteiger partial charge in [-0.15, -0.1) is 0 Å². The maximum absolute atomic E-state index is 13.9. The Labute approximate surface area is 136 Å². The van der Waals surface area contributed by atoms with Crippen molar-refractivity contribution in [3.63, 3.8) is 0 Å². The van der Waals surface area contributed by atoms with E-state index in [1.54, 1.807) is 7.05 Å². The Morgan fingerprint density at radius 2 is 2.29 bits per heavy atom. The van der Waals surface area contributed by atoms with Crippen LogP contribution in [0.2, 0.25) is 0 Å². The summed E-state index contributed by atoms with van der Waals surface area (Å²) in [6.07, 6.45) is 3.14. The number of aliphatic imine (C=N–C) groups is 1. The number of hydrogen-bond acceptors (Lipinski definition) is 4. The number of amidine groups is 1. The van der Waals surface area contributed by atoms with Gasteiger partial charge in [0.2, 0.25) is 0 Å². The van der Waals surface area contributed by atoms with Gasteiger partial charge in [-0.1, -0.05) is 0 Å². The maximum Gasteiger partial charge on any atom is 0.272 e. The zero-order valence-corrected chi connectivity index (χ0v) is 13.1. The number of anilines is 1. The minimum Gasteiger partial charge on any atom is -0.380 e. The number of aromatic nitrogens is 2. The number of nitrogens with one attached hydrogen (secondary N) is 4. The Morgan fingerprint density at radius 3 is 2.96 bits per heavy atom. The Balaban J connectivity index is 2.01. The molecular formula is C16H17FN6O. The third-order valence-corrected chi connectivity index (χ3v) is 4.74. The number of likely N-dealkylation sites (N-methyl/N-ethyl adjacent to an activating group) is 1. The van der Waals surface area contributed by atoms with Crippen molar-refractivity contribution >= 4 is 28.6 Å². The topological polar surface area (TPSA) is 106 Å². The molecular weight excluding hydrogens is 311 g/mol. The maximum atomic E-state index is 13.9. The molecule has 2 unspecified atom stereocenters. The van der Waals surface area contributed by atoms with E-state index in [1.807, 2.05) is 0 Å². The minimum atomic E-state index is -0.456. The summed E-state index contributed by atoms with van der Waals surface area (Å²) >= 11 is 0. The van der Waals surface area contributed by atoms with Crippen molar-refractivity contribution in [2.24, 2.45) is 10.9 Å². The molecule has 1 fully saturated rings. The average Bonchev–Trinajstić information content (AvgIpc) is 3.40. The standard InChI is InChI=1S/C16H17FN6O/c1-19-15(20-6-18)12-13(7-2-3-7)21-10-5-8(17)4-9-11(10)14(12)22-23-16(9)24/h4-7,12-13,21H,2-3H2,1H3,(H,23,24)(H2,18,19,20). The molecule has 7 nitrogen and oxygen atoms in total. The van der Waals surface area contributed by atoms with Gasteiger partial charge in [-0.2, -0.15) is 5.10 Å². The van der Waals surface area contributed by atoms with Crippen LogP contribution in [0.1, 0.15) is 24.5 Å². The fourth-order valence-corrected chi connectivity index (χ4v) is 3.58. The van der Waals surface area contributed by atoms with Crippen LogP contribution >= 0.6 is 0 Å². The number of halogens is 1. The molecule has 1 aromatic carbocycles. The number of H-pyrrole nitrogens is 1. The van der Waals surface area contributed by atoms with Gasteiger partial charge in [0, 0.05) is 24.2 Å². The van der Waals surface area contributed by atoms with E-state index in [0.717, 1.165) is 19.2 Å². The van der Waals surface area contributed by atoms with E-state index in [4.69, 9.17) is 5.41 Å². The number of benzene rings is 1. The van der Waals surface area contributed by atoms with Crippen LogP contribution in [0.5, 0.6) is 0 Å². The predicted octanol–water partition coefficient (Wildman–Crippen LogP) is 1.57. The van der Waals surface area contributed by atoms with Crippen molar-refractivity contribution in [2.45, 2.75) is 24.8 Å². The van der Waals surface area contributed by atoms with E-state index in [1.165, 1.54) is 12.1 Å². The summed E-state index contributed by atoms with van der Waals surface area (Å²) in [5, 5.41) is 21.3. The first-order chi connectivity index (χ1) is 11.6. The second kappa shape index (κ2) is 5.40. The molecule has 2 aliphatic rings. The highest BCUT2D eigenvalue weighted by atomic mass is 19.1. The molecule has 8 heteroatoms. The van der Waals surface area contributed by atoms with E-state index in [2.05, 4.69) is 25.8 Å². The molecule has 0 saturated heterocycles. The van der Waals surface area contributed by atoms with Gasteiger partial charge in [0.1, 0.15) is 18.0 Å². The van der Waals surface area contributed by atoms with Gasteiger partial charge < -0.3 is 10.6 Å². The van der Waals surface area contributed by atoms with E-state index < -0.39 is 11.4 Å². The van der Waals surface area contributed by atoms with Gasteiger partial charge >= 0.3 is 0 Å². The lowest BCUT2D eigenvalue weighted by molar-refractivity contribution is 0.570. The average molecular weight is 328 g/mol. The monoisotopic (exact) mass is 328 g/mol. The lowest BCUT2D eigenvalue weighted by atomic mass is 9.84. The molecule has 0 spiro atoms. The molecule has 2 atom stereocenters. The quantitative estimate of drug-likeness (QED) is 0.507. The van der Waals surface area contributed by atoms with Crippen molar-refractivity contribution in [3.8, 4) is 0 Å². The van der Waals surface area contributed by atoms with E-state index in [0.29, 0.717) is 28.5 Å². The van der Waals surface area contributed by atoms with Gasteiger partial charge in [-0.3, -0.25) is 10.2 Å². The van der Waals surface area contributed by atoms with Crippen molar-refractivity contribution in [1.82, 2.24) is 15.5 Å². The third-order valence-electron chi connectivity index (χ3n) is 4.74. The van der Waals surface area contributed by atoms with Gasteiger partial charge in [0.15, 0.2) is 0 Å². The lowest BCUT2D eigenvalue weighted by Crippen LogP contribution is -2.43. The van der Waals surface area contributed by atoms with Crippen LogP contribution in [-0.4, -0.2) is 35.5 Å². The number of rotatable bonds is 3. The molecule has 0 radical (unpaired) electrons. The van der Waals surface area contributed by atoms with Crippen LogP contribution in [-0.2, 0) is 0 Å². The van der Waals surface area contributed by atoms with Crippen LogP contribution in [0.3, 0.4) is 0 Å². The molecule has 4 N–H and O–H groups in total. The summed E-state index contributed by atoms with van der Waals surface area (Å²) in [7, 11) is 1.75. The molecule has 1 aliphatic heterocycles. The van der Waals surface area contributed by atoms with Crippen molar-refractivity contribution in [3.05, 3.63) is 34.0 Å². The zero-order valence-electron chi connectivity index (χ0n) is 13.1. The second-order valence-electron chi connectivity index (χ2n) is 6.19. The predicted molar refractivity (Wildman–Crippen MR) is 90.5 cm³/mol. The van der Waals surface area contributed by atoms with Gasteiger partial charge in [0.25, 0.3) is 5.56 Å². The minimum absolute atomic E-state index is 0.00736. The largest absolute Gasteiger partial charge is 0.380 e. The van der Waals surface area contributed by atoms with Crippen LogP contribution in [0, 0.1) is 17.1 Å². The molecule has 124 valence electrons. The molecule has 2 heterocycles. The molecule has 2 aromatic rings. The van der Waals surface area contributed by atoms with E-state index in [9.17, 15) is 9.18 Å². The first kappa shape index (κ1) is 14.8. The number of aromatic amines is 1. The highest BCUT2D eigenvalue weighted by molar-refractivity contribution is 6.03. The smallest absolute Gasteiger partial charge is 0.272 e. The summed E-state index contributed by atoms with van der Waals surface area (Å²) in [6.45, 7) is 0. The number of nitrogens with zero attached hydrogens (tertiary/aromatic N) is 2. The Hall–Kier alpha value is -2.77. The van der Waals surface area contributed by atoms with Crippen molar-refractivity contribution < 1.29 is 4.39 Å². The SMILES string of the molecule is CN/C(=N\C=N)C1c2n[nH]c(=O)c3cc(F)cc(c23)NC1C1CC1. The molecule has 4 rings (SSSR count). The summed E-state index contributed by atoms with van der Waals surface area (Å²) in [4.78, 5) is 16.2. The summed E-state index contributed by atoms with van der Waals surface area (Å²) in [6, 6.07) is 2.63. The highest BCUT2D eigenvalue weighted by Gasteiger charge is 2.44. The zero-order chi connectivity index (χ0) is 16.8. The highest BCUT2D eigenvalue weighted by Crippen LogP contribution is 2.46. The normalized spacial score (nSPS) is 23.0. The van der Waals surface area contributed by atoms with Crippen molar-refractivity contribution in [2.75, 3.05) is 12.4 Å². The first-order valence-electron chi connectivity index (χ1n) is 7.86. The number of hydrogen-bond donors (Lipinski definition) is 4. The summed E-state index contributed by atoms with van der Waals surface area (Å²) in [5.74, 6) is 0.341. The fraction of sp³-hybridized carbons (Fsp3) is 0.375. The van der Waals surface area contributed by atoms with Crippen LogP contribution in [0.25, 0.3) is 10.8 Å². The van der Waals surface area contributed by atoms with E-state index in [-0.39, 0.29) is 17.3 Å². The summed E-state index contributed by atoms with van der Waals surface area (Å²) in [5.41, 5.74) is 0.831. The van der Waals surface area contributed by atoms with Gasteiger partial charge in [0.05, 0.1) is 17.0 Å². The molecule has 1 saturated carbocycles. The Kier molecular flexibility index (Phi) is 3.33. The molecule has 1 aromatic heterocycles. The van der Waals surface area contributed by atoms with Crippen molar-refractivity contribution in [1.29, 1.82) is 5.41 Å². The molecule has 0 bridgehead atoms. The molecule has 24 heavy (non-hydrogen) atoms. The molecule has 0 amide bonds. The Morgan fingerprint density at radius 1 is 1.50 bits per heavy atom. The third kappa shape index (κ3) is 2.17. The Bertz CT molecular complexity index is 917. The van der Waals surface area contributed by atoms with Crippen LogP contribution < -0.4 is 16.2 Å². The van der Waals surface area contributed by atoms with E-state index >= 15 is 0 Å². The van der Waals surface area contributed by atoms with Gasteiger partial charge in [-0.05, 0) is 30.9 Å². The molecule has 1 aliphatic carbocycles. The fourth-order valence-electron chi connectivity index (χ4n) is 3.58. The summed E-state index contributed by atoms with van der Waals surface area (Å²) < 4.78 is 13.9. The first-order valence-corrected chi connectivity index (χ1v) is 7.86. The van der Waals surface area contributed by atoms with Crippen LogP contribution in [0.15, 0.2) is 21.9 Å². The second-order valence-corrected chi connectivity index (χ2v) is 6.19. The lowest BCUT2D eigenvalue weighted by Gasteiger charge is -2.34. The van der Waals surface area contributed by atoms with Crippen LogP contribution in [0.4, 0.5) is 10.1 Å². The van der Waals surface area contributed by atoms with Gasteiger partial charge in [-0.25, -0.2) is 14.5 Å².